The molecule has 116 valence electrons. The van der Waals surface area contributed by atoms with E-state index in [0.717, 1.165) is 30.4 Å². The first-order valence-electron chi connectivity index (χ1n) is 7.29. The smallest absolute Gasteiger partial charge is 0.203 e. The van der Waals surface area contributed by atoms with Crippen molar-refractivity contribution in [3.8, 4) is 17.2 Å². The quantitative estimate of drug-likeness (QED) is 0.925. The van der Waals surface area contributed by atoms with Crippen molar-refractivity contribution in [2.24, 2.45) is 5.92 Å². The van der Waals surface area contributed by atoms with E-state index >= 15 is 0 Å². The summed E-state index contributed by atoms with van der Waals surface area (Å²) >= 11 is 0. The lowest BCUT2D eigenvalue weighted by molar-refractivity contribution is 0.126. The minimum absolute atomic E-state index is 0.302. The summed E-state index contributed by atoms with van der Waals surface area (Å²) in [7, 11) is 4.80. The lowest BCUT2D eigenvalue weighted by Gasteiger charge is -2.27. The second kappa shape index (κ2) is 6.85. The Hall–Kier alpha value is -1.68. The SMILES string of the molecule is COc1ccc(/C=C2/CCCC(C)C2O)c(OC)c1OC. The molecular formula is C17H24O4. The highest BCUT2D eigenvalue weighted by Gasteiger charge is 2.24. The molecule has 0 radical (unpaired) electrons. The fraction of sp³-hybridized carbons (Fsp3) is 0.529. The van der Waals surface area contributed by atoms with E-state index in [0.29, 0.717) is 23.2 Å². The van der Waals surface area contributed by atoms with Crippen LogP contribution in [0, 0.1) is 5.92 Å². The molecule has 1 N–H and O–H groups in total. The van der Waals surface area contributed by atoms with Crippen molar-refractivity contribution < 1.29 is 19.3 Å². The summed E-state index contributed by atoms with van der Waals surface area (Å²) in [5, 5.41) is 10.3. The molecular weight excluding hydrogens is 268 g/mol. The van der Waals surface area contributed by atoms with Crippen LogP contribution in [0.2, 0.25) is 0 Å². The number of aliphatic hydroxyl groups is 1. The van der Waals surface area contributed by atoms with Crippen molar-refractivity contribution in [2.75, 3.05) is 21.3 Å². The Morgan fingerprint density at radius 2 is 1.81 bits per heavy atom. The van der Waals surface area contributed by atoms with Gasteiger partial charge in [-0.25, -0.2) is 0 Å². The van der Waals surface area contributed by atoms with Crippen LogP contribution in [0.25, 0.3) is 6.08 Å². The second-order valence-electron chi connectivity index (χ2n) is 5.46. The van der Waals surface area contributed by atoms with E-state index in [1.54, 1.807) is 21.3 Å². The third kappa shape index (κ3) is 3.16. The predicted octanol–water partition coefficient (Wildman–Crippen LogP) is 3.28. The molecule has 1 aromatic carbocycles. The Kier molecular flexibility index (Phi) is 5.12. The number of hydrogen-bond acceptors (Lipinski definition) is 4. The van der Waals surface area contributed by atoms with Crippen molar-refractivity contribution in [2.45, 2.75) is 32.3 Å². The van der Waals surface area contributed by atoms with Crippen LogP contribution in [0.15, 0.2) is 17.7 Å². The van der Waals surface area contributed by atoms with E-state index in [9.17, 15) is 5.11 Å². The Labute approximate surface area is 126 Å². The normalized spacial score (nSPS) is 24.0. The van der Waals surface area contributed by atoms with Crippen molar-refractivity contribution >= 4 is 6.08 Å². The maximum absolute atomic E-state index is 10.3. The van der Waals surface area contributed by atoms with Crippen molar-refractivity contribution in [1.29, 1.82) is 0 Å². The summed E-state index contributed by atoms with van der Waals surface area (Å²) in [5.41, 5.74) is 1.96. The summed E-state index contributed by atoms with van der Waals surface area (Å²) in [5.74, 6) is 2.15. The first-order chi connectivity index (χ1) is 10.1. The fourth-order valence-electron chi connectivity index (χ4n) is 2.89. The summed E-state index contributed by atoms with van der Waals surface area (Å²) in [6, 6.07) is 3.78. The van der Waals surface area contributed by atoms with Gasteiger partial charge in [-0.05, 0) is 49.0 Å². The zero-order chi connectivity index (χ0) is 15.4. The summed E-state index contributed by atoms with van der Waals surface area (Å²) in [6.07, 6.45) is 4.74. The maximum Gasteiger partial charge on any atom is 0.203 e. The van der Waals surface area contributed by atoms with E-state index in [2.05, 4.69) is 6.92 Å². The molecule has 0 bridgehead atoms. The first kappa shape index (κ1) is 15.7. The number of ether oxygens (including phenoxy) is 3. The van der Waals surface area contributed by atoms with Crippen LogP contribution in [0.1, 0.15) is 31.7 Å². The number of hydrogen-bond donors (Lipinski definition) is 1. The average Bonchev–Trinajstić information content (AvgIpc) is 2.51. The Morgan fingerprint density at radius 3 is 2.43 bits per heavy atom. The van der Waals surface area contributed by atoms with Gasteiger partial charge in [-0.3, -0.25) is 0 Å². The molecule has 0 heterocycles. The third-order valence-corrected chi connectivity index (χ3v) is 4.12. The minimum atomic E-state index is -0.378. The van der Waals surface area contributed by atoms with Crippen molar-refractivity contribution in [3.63, 3.8) is 0 Å². The van der Waals surface area contributed by atoms with E-state index < -0.39 is 0 Å². The summed E-state index contributed by atoms with van der Waals surface area (Å²) in [6.45, 7) is 2.09. The molecule has 1 saturated carbocycles. The number of rotatable bonds is 4. The summed E-state index contributed by atoms with van der Waals surface area (Å²) in [4.78, 5) is 0. The Morgan fingerprint density at radius 1 is 1.10 bits per heavy atom. The molecule has 0 amide bonds. The molecule has 0 aromatic heterocycles. The predicted molar refractivity (Wildman–Crippen MR) is 83.1 cm³/mol. The highest BCUT2D eigenvalue weighted by molar-refractivity contribution is 5.68. The van der Waals surface area contributed by atoms with E-state index in [4.69, 9.17) is 14.2 Å². The average molecular weight is 292 g/mol. The molecule has 1 aliphatic carbocycles. The van der Waals surface area contributed by atoms with Gasteiger partial charge in [-0.15, -0.1) is 0 Å². The summed E-state index contributed by atoms with van der Waals surface area (Å²) < 4.78 is 16.2. The largest absolute Gasteiger partial charge is 0.493 e. The number of benzene rings is 1. The third-order valence-electron chi connectivity index (χ3n) is 4.12. The van der Waals surface area contributed by atoms with Crippen LogP contribution >= 0.6 is 0 Å². The van der Waals surface area contributed by atoms with Crippen LogP contribution in [0.3, 0.4) is 0 Å². The molecule has 21 heavy (non-hydrogen) atoms. The molecule has 0 spiro atoms. The molecule has 1 fully saturated rings. The molecule has 2 unspecified atom stereocenters. The van der Waals surface area contributed by atoms with Crippen LogP contribution in [0.5, 0.6) is 17.2 Å². The van der Waals surface area contributed by atoms with Crippen LogP contribution in [0.4, 0.5) is 0 Å². The van der Waals surface area contributed by atoms with E-state index in [1.165, 1.54) is 0 Å². The van der Waals surface area contributed by atoms with Gasteiger partial charge in [0, 0.05) is 5.56 Å². The van der Waals surface area contributed by atoms with Gasteiger partial charge in [0.15, 0.2) is 11.5 Å². The molecule has 0 saturated heterocycles. The minimum Gasteiger partial charge on any atom is -0.493 e. The van der Waals surface area contributed by atoms with Gasteiger partial charge in [0.1, 0.15) is 0 Å². The molecule has 1 aliphatic rings. The highest BCUT2D eigenvalue weighted by Crippen LogP contribution is 2.41. The monoisotopic (exact) mass is 292 g/mol. The van der Waals surface area contributed by atoms with Gasteiger partial charge < -0.3 is 19.3 Å². The standard InChI is InChI=1S/C17H24O4/c1-11-6-5-7-12(15(11)18)10-13-8-9-14(19-2)17(21-4)16(13)20-3/h8-11,15,18H,5-7H2,1-4H3/b12-10-. The van der Waals surface area contributed by atoms with Crippen molar-refractivity contribution in [3.05, 3.63) is 23.3 Å². The number of aliphatic hydroxyl groups excluding tert-OH is 1. The van der Waals surface area contributed by atoms with Crippen molar-refractivity contribution in [1.82, 2.24) is 0 Å². The molecule has 2 rings (SSSR count). The number of methoxy groups -OCH3 is 3. The molecule has 0 aliphatic heterocycles. The lowest BCUT2D eigenvalue weighted by Crippen LogP contribution is -2.24. The van der Waals surface area contributed by atoms with Crippen LogP contribution in [-0.2, 0) is 0 Å². The maximum atomic E-state index is 10.3. The first-order valence-corrected chi connectivity index (χ1v) is 7.29. The van der Waals surface area contributed by atoms with Gasteiger partial charge in [-0.2, -0.15) is 0 Å². The highest BCUT2D eigenvalue weighted by atomic mass is 16.5. The van der Waals surface area contributed by atoms with Gasteiger partial charge in [0.25, 0.3) is 0 Å². The Balaban J connectivity index is 2.44. The molecule has 4 nitrogen and oxygen atoms in total. The van der Waals surface area contributed by atoms with Crippen LogP contribution in [-0.4, -0.2) is 32.5 Å². The van der Waals surface area contributed by atoms with Gasteiger partial charge in [0.2, 0.25) is 5.75 Å². The second-order valence-corrected chi connectivity index (χ2v) is 5.46. The van der Waals surface area contributed by atoms with E-state index in [1.807, 2.05) is 18.2 Å². The lowest BCUT2D eigenvalue weighted by atomic mass is 9.83. The topological polar surface area (TPSA) is 47.9 Å². The van der Waals surface area contributed by atoms with Crippen LogP contribution < -0.4 is 14.2 Å². The van der Waals surface area contributed by atoms with Gasteiger partial charge >= 0.3 is 0 Å². The van der Waals surface area contributed by atoms with Gasteiger partial charge in [0.05, 0.1) is 27.4 Å². The molecule has 4 heteroatoms. The fourth-order valence-corrected chi connectivity index (χ4v) is 2.89. The molecule has 2 atom stereocenters. The zero-order valence-electron chi connectivity index (χ0n) is 13.2. The Bertz CT molecular complexity index is 522. The zero-order valence-corrected chi connectivity index (χ0v) is 13.2. The van der Waals surface area contributed by atoms with Gasteiger partial charge in [-0.1, -0.05) is 6.92 Å². The molecule has 1 aromatic rings. The van der Waals surface area contributed by atoms with E-state index in [-0.39, 0.29) is 6.10 Å².